The number of aliphatic hydroxyl groups is 1. The molecule has 11 nitrogen and oxygen atoms in total. The molecule has 1 heterocycles. The second-order valence-electron chi connectivity index (χ2n) is 8.50. The Morgan fingerprint density at radius 1 is 0.800 bits per heavy atom. The number of benzene rings is 2. The van der Waals surface area contributed by atoms with E-state index in [0.717, 1.165) is 42.5 Å². The molecule has 1 amide bonds. The van der Waals surface area contributed by atoms with Gasteiger partial charge in [-0.1, -0.05) is 29.8 Å². The van der Waals surface area contributed by atoms with E-state index < -0.39 is 17.9 Å². The normalized spacial score (nSPS) is 12.5. The summed E-state index contributed by atoms with van der Waals surface area (Å²) in [5, 5.41) is 37.3. The number of aliphatic carboxylic acids is 3. The van der Waals surface area contributed by atoms with Gasteiger partial charge in [-0.2, -0.15) is 0 Å². The van der Waals surface area contributed by atoms with Crippen molar-refractivity contribution in [1.29, 1.82) is 0 Å². The molecule has 2 aromatic carbocycles. The van der Waals surface area contributed by atoms with Crippen LogP contribution in [0.1, 0.15) is 29.6 Å². The molecule has 214 valence electrons. The highest BCUT2D eigenvalue weighted by Crippen LogP contribution is 2.41. The summed E-state index contributed by atoms with van der Waals surface area (Å²) >= 11 is 6.30. The van der Waals surface area contributed by atoms with Crippen LogP contribution in [0, 0.1) is 0 Å². The average molecular weight is 574 g/mol. The van der Waals surface area contributed by atoms with Crippen LogP contribution in [0.25, 0.3) is 0 Å². The van der Waals surface area contributed by atoms with Crippen molar-refractivity contribution in [3.05, 3.63) is 77.4 Å². The molecule has 0 aliphatic carbocycles. The number of rotatable bonds is 13. The van der Waals surface area contributed by atoms with Crippen molar-refractivity contribution in [2.45, 2.75) is 19.3 Å². The molecule has 0 unspecified atom stereocenters. The van der Waals surface area contributed by atoms with Crippen LogP contribution in [0.15, 0.2) is 66.8 Å². The maximum absolute atomic E-state index is 13.4. The fourth-order valence-corrected chi connectivity index (χ4v) is 4.08. The fraction of sp³-hybridized carbons (Fsp3) is 0.286. The van der Waals surface area contributed by atoms with Gasteiger partial charge in [0.05, 0.1) is 22.6 Å². The van der Waals surface area contributed by atoms with Crippen molar-refractivity contribution in [1.82, 2.24) is 5.32 Å². The summed E-state index contributed by atoms with van der Waals surface area (Å²) in [6.07, 6.45) is 6.06. The van der Waals surface area contributed by atoms with Crippen LogP contribution < -0.4 is 15.1 Å². The van der Waals surface area contributed by atoms with E-state index in [2.05, 4.69) is 10.2 Å². The van der Waals surface area contributed by atoms with Gasteiger partial charge in [-0.25, -0.2) is 14.4 Å². The maximum atomic E-state index is 13.4. The second kappa shape index (κ2) is 16.7. The molecule has 12 heteroatoms. The molecule has 0 atom stereocenters. The summed E-state index contributed by atoms with van der Waals surface area (Å²) in [7, 11) is 0. The molecule has 2 aromatic rings. The summed E-state index contributed by atoms with van der Waals surface area (Å²) in [6.45, 7) is 2.39. The van der Waals surface area contributed by atoms with Gasteiger partial charge in [-0.05, 0) is 56.1 Å². The molecule has 40 heavy (non-hydrogen) atoms. The lowest BCUT2D eigenvalue weighted by Gasteiger charge is -2.27. The number of aliphatic hydroxyl groups excluding tert-OH is 1. The van der Waals surface area contributed by atoms with E-state index >= 15 is 0 Å². The van der Waals surface area contributed by atoms with Gasteiger partial charge in [0.2, 0.25) is 0 Å². The zero-order chi connectivity index (χ0) is 29.5. The largest absolute Gasteiger partial charge is 0.478 e. The lowest BCUT2D eigenvalue weighted by atomic mass is 10.1. The topological polar surface area (TPSA) is 168 Å². The Hall–Kier alpha value is -4.19. The van der Waals surface area contributed by atoms with Crippen molar-refractivity contribution in [3.8, 4) is 0 Å². The van der Waals surface area contributed by atoms with Crippen LogP contribution in [-0.4, -0.2) is 77.0 Å². The highest BCUT2D eigenvalue weighted by Gasteiger charge is 2.30. The Labute approximate surface area is 236 Å². The zero-order valence-corrected chi connectivity index (χ0v) is 22.5. The lowest BCUT2D eigenvalue weighted by Crippen LogP contribution is -2.31. The molecule has 1 aliphatic heterocycles. The third-order valence-electron chi connectivity index (χ3n) is 5.61. The summed E-state index contributed by atoms with van der Waals surface area (Å²) in [5.41, 5.74) is 3.10. The first-order valence-electron chi connectivity index (χ1n) is 12.5. The highest BCUT2D eigenvalue weighted by atomic mass is 35.5. The molecule has 0 saturated carbocycles. The minimum atomic E-state index is -1.26. The van der Waals surface area contributed by atoms with E-state index in [1.807, 2.05) is 30.3 Å². The van der Waals surface area contributed by atoms with Gasteiger partial charge in [-0.3, -0.25) is 4.79 Å². The molecule has 0 aromatic heterocycles. The van der Waals surface area contributed by atoms with Crippen molar-refractivity contribution < 1.29 is 39.6 Å². The molecular formula is C28H32ClN3O8. The average Bonchev–Trinajstić information content (AvgIpc) is 3.00. The summed E-state index contributed by atoms with van der Waals surface area (Å²) in [5.74, 6) is -3.57. The third kappa shape index (κ3) is 10.2. The first-order valence-corrected chi connectivity index (χ1v) is 12.9. The maximum Gasteiger partial charge on any atom is 0.328 e. The van der Waals surface area contributed by atoms with Crippen molar-refractivity contribution in [2.75, 3.05) is 42.6 Å². The number of hydrogen-bond donors (Lipinski definition) is 5. The van der Waals surface area contributed by atoms with Gasteiger partial charge in [0.15, 0.2) is 0 Å². The molecular weight excluding hydrogens is 542 g/mol. The zero-order valence-electron chi connectivity index (χ0n) is 21.7. The van der Waals surface area contributed by atoms with Crippen LogP contribution >= 0.6 is 11.6 Å². The lowest BCUT2D eigenvalue weighted by molar-refractivity contribution is -0.134. The number of anilines is 3. The fourth-order valence-electron chi connectivity index (χ4n) is 3.91. The summed E-state index contributed by atoms with van der Waals surface area (Å²) < 4.78 is 0. The standard InChI is InChI=1S/C24H28ClN3O4.C4H4O4/c25-18-10-11-19-22(17-18)27(14-4-3-12-26-13-5-9-23(30)31)20-7-1-2-8-21(20)28(24(19)32)15-6-16-29;5-3(6)1-2-4(7)8/h1-2,5,7-11,17,26,29H,3-4,6,12-16H2,(H,30,31);1-2H,(H,5,6)(H,7,8)/b9-5+;2-1-. The van der Waals surface area contributed by atoms with Crippen LogP contribution in [0.2, 0.25) is 5.02 Å². The van der Waals surface area contributed by atoms with E-state index in [1.54, 1.807) is 23.1 Å². The number of nitrogens with zero attached hydrogens (tertiary/aromatic N) is 2. The molecule has 3 rings (SSSR count). The number of unbranched alkanes of at least 4 members (excludes halogenated alkanes) is 1. The van der Waals surface area contributed by atoms with Crippen molar-refractivity contribution in [2.24, 2.45) is 0 Å². The number of carbonyl (C=O) groups is 4. The van der Waals surface area contributed by atoms with Crippen LogP contribution in [0.5, 0.6) is 0 Å². The third-order valence-corrected chi connectivity index (χ3v) is 5.84. The number of para-hydroxylation sites is 2. The summed E-state index contributed by atoms with van der Waals surface area (Å²) in [6, 6.07) is 13.1. The first kappa shape index (κ1) is 32.0. The van der Waals surface area contributed by atoms with Gasteiger partial charge in [0.1, 0.15) is 0 Å². The number of carboxylic acids is 3. The number of amides is 1. The van der Waals surface area contributed by atoms with E-state index in [9.17, 15) is 24.3 Å². The predicted molar refractivity (Wildman–Crippen MR) is 152 cm³/mol. The second-order valence-corrected chi connectivity index (χ2v) is 8.93. The smallest absolute Gasteiger partial charge is 0.328 e. The monoisotopic (exact) mass is 573 g/mol. The quantitative estimate of drug-likeness (QED) is 0.176. The highest BCUT2D eigenvalue weighted by molar-refractivity contribution is 6.31. The van der Waals surface area contributed by atoms with E-state index in [1.165, 1.54) is 0 Å². The Morgan fingerprint density at radius 3 is 2.00 bits per heavy atom. The molecule has 0 saturated heterocycles. The molecule has 0 radical (unpaired) electrons. The number of nitrogens with one attached hydrogen (secondary N) is 1. The van der Waals surface area contributed by atoms with Crippen molar-refractivity contribution >= 4 is 52.5 Å². The Balaban J connectivity index is 0.000000611. The minimum absolute atomic E-state index is 0.0117. The van der Waals surface area contributed by atoms with Crippen LogP contribution in [0.3, 0.4) is 0 Å². The first-order chi connectivity index (χ1) is 19.1. The molecule has 0 fully saturated rings. The number of carboxylic acid groups (broad SMARTS) is 3. The molecule has 5 N–H and O–H groups in total. The van der Waals surface area contributed by atoms with E-state index in [0.29, 0.717) is 48.8 Å². The number of fused-ring (bicyclic) bond motifs is 2. The van der Waals surface area contributed by atoms with E-state index in [4.69, 9.17) is 26.9 Å². The Bertz CT molecular complexity index is 1230. The Kier molecular flexibility index (Phi) is 13.4. The summed E-state index contributed by atoms with van der Waals surface area (Å²) in [4.78, 5) is 46.9. The van der Waals surface area contributed by atoms with Crippen LogP contribution in [-0.2, 0) is 14.4 Å². The number of carbonyl (C=O) groups excluding carboxylic acids is 1. The van der Waals surface area contributed by atoms with Gasteiger partial charge in [-0.15, -0.1) is 0 Å². The minimum Gasteiger partial charge on any atom is -0.478 e. The molecule has 1 aliphatic rings. The van der Waals surface area contributed by atoms with Gasteiger partial charge in [0.25, 0.3) is 5.91 Å². The van der Waals surface area contributed by atoms with Gasteiger partial charge < -0.3 is 35.5 Å². The Morgan fingerprint density at radius 2 is 1.40 bits per heavy atom. The molecule has 0 bridgehead atoms. The van der Waals surface area contributed by atoms with Gasteiger partial charge in [0, 0.05) is 49.5 Å². The number of halogens is 1. The molecule has 0 spiro atoms. The van der Waals surface area contributed by atoms with E-state index in [-0.39, 0.29) is 12.5 Å². The van der Waals surface area contributed by atoms with Gasteiger partial charge >= 0.3 is 17.9 Å². The van der Waals surface area contributed by atoms with Crippen LogP contribution in [0.4, 0.5) is 17.1 Å². The SMILES string of the molecule is O=C(O)/C=C/CNCCCCN1c2cc(Cl)ccc2C(=O)N(CCCO)c2ccccc21.O=C(O)/C=C\C(=O)O. The number of hydrogen-bond acceptors (Lipinski definition) is 7. The van der Waals surface area contributed by atoms with Crippen molar-refractivity contribution in [3.63, 3.8) is 0 Å². The predicted octanol–water partition coefficient (Wildman–Crippen LogP) is 3.54.